The third-order valence-corrected chi connectivity index (χ3v) is 5.42. The molecular formula is C20H31IN4O2. The molecule has 150 valence electrons. The number of nitrogens with zero attached hydrogens (tertiary/aromatic N) is 2. The number of hydrogen-bond donors (Lipinski definition) is 2. The van der Waals surface area contributed by atoms with Gasteiger partial charge in [0, 0.05) is 38.1 Å². The van der Waals surface area contributed by atoms with Gasteiger partial charge in [-0.05, 0) is 38.2 Å². The van der Waals surface area contributed by atoms with Gasteiger partial charge in [-0.15, -0.1) is 24.0 Å². The highest BCUT2D eigenvalue weighted by Gasteiger charge is 2.44. The van der Waals surface area contributed by atoms with Crippen LogP contribution in [0, 0.1) is 0 Å². The zero-order valence-electron chi connectivity index (χ0n) is 16.2. The van der Waals surface area contributed by atoms with Crippen molar-refractivity contribution < 1.29 is 9.53 Å². The average molecular weight is 486 g/mol. The molecule has 6 nitrogen and oxygen atoms in total. The summed E-state index contributed by atoms with van der Waals surface area (Å²) >= 11 is 0. The topological polar surface area (TPSA) is 66.0 Å². The molecule has 0 spiro atoms. The second-order valence-electron chi connectivity index (χ2n) is 7.18. The molecule has 2 aliphatic rings. The van der Waals surface area contributed by atoms with Crippen LogP contribution in [0.15, 0.2) is 35.3 Å². The number of piperidine rings is 1. The fourth-order valence-corrected chi connectivity index (χ4v) is 3.57. The minimum absolute atomic E-state index is 0. The number of carbonyl (C=O) groups excluding carboxylic acids is 1. The maximum absolute atomic E-state index is 11.8. The van der Waals surface area contributed by atoms with Crippen molar-refractivity contribution in [1.29, 1.82) is 0 Å². The lowest BCUT2D eigenvalue weighted by atomic mass is 9.96. The van der Waals surface area contributed by atoms with E-state index in [0.717, 1.165) is 38.4 Å². The summed E-state index contributed by atoms with van der Waals surface area (Å²) in [6.45, 7) is 4.61. The van der Waals surface area contributed by atoms with Gasteiger partial charge in [-0.1, -0.05) is 30.3 Å². The van der Waals surface area contributed by atoms with Gasteiger partial charge in [-0.25, -0.2) is 4.79 Å². The SMILES string of the molecule is CCOC(=O)N1CCC(NC(=NC)NCC2(c3ccccc3)CC2)CC1.I. The van der Waals surface area contributed by atoms with E-state index < -0.39 is 0 Å². The van der Waals surface area contributed by atoms with Gasteiger partial charge in [0.25, 0.3) is 0 Å². The molecule has 1 aromatic carbocycles. The molecule has 0 aromatic heterocycles. The van der Waals surface area contributed by atoms with E-state index >= 15 is 0 Å². The van der Waals surface area contributed by atoms with Gasteiger partial charge in [0.1, 0.15) is 0 Å². The summed E-state index contributed by atoms with van der Waals surface area (Å²) < 4.78 is 5.07. The lowest BCUT2D eigenvalue weighted by Gasteiger charge is -2.32. The van der Waals surface area contributed by atoms with E-state index in [2.05, 4.69) is 46.0 Å². The Labute approximate surface area is 179 Å². The summed E-state index contributed by atoms with van der Waals surface area (Å²) in [7, 11) is 1.81. The zero-order valence-corrected chi connectivity index (χ0v) is 18.6. The van der Waals surface area contributed by atoms with E-state index in [1.54, 1.807) is 4.90 Å². The van der Waals surface area contributed by atoms with Crippen molar-refractivity contribution >= 4 is 36.0 Å². The Balaban J connectivity index is 0.00000261. The van der Waals surface area contributed by atoms with Crippen LogP contribution in [-0.2, 0) is 10.2 Å². The number of rotatable bonds is 5. The molecule has 1 aromatic rings. The van der Waals surface area contributed by atoms with Crippen LogP contribution >= 0.6 is 24.0 Å². The number of carbonyl (C=O) groups is 1. The minimum Gasteiger partial charge on any atom is -0.450 e. The van der Waals surface area contributed by atoms with Gasteiger partial charge in [-0.3, -0.25) is 4.99 Å². The Hall–Kier alpha value is -1.51. The second-order valence-corrected chi connectivity index (χ2v) is 7.18. The normalized spacial score (nSPS) is 19.0. The van der Waals surface area contributed by atoms with Crippen LogP contribution in [0.5, 0.6) is 0 Å². The largest absolute Gasteiger partial charge is 0.450 e. The van der Waals surface area contributed by atoms with E-state index in [1.807, 2.05) is 14.0 Å². The molecule has 0 unspecified atom stereocenters. The van der Waals surface area contributed by atoms with E-state index in [9.17, 15) is 4.79 Å². The first-order valence-electron chi connectivity index (χ1n) is 9.61. The van der Waals surface area contributed by atoms with E-state index in [-0.39, 0.29) is 35.5 Å². The molecular weight excluding hydrogens is 455 g/mol. The Morgan fingerprint density at radius 3 is 2.48 bits per heavy atom. The van der Waals surface area contributed by atoms with Gasteiger partial charge < -0.3 is 20.3 Å². The van der Waals surface area contributed by atoms with Crippen molar-refractivity contribution in [2.45, 2.75) is 44.1 Å². The summed E-state index contributed by atoms with van der Waals surface area (Å²) in [5, 5.41) is 7.01. The Morgan fingerprint density at radius 1 is 1.26 bits per heavy atom. The number of guanidine groups is 1. The summed E-state index contributed by atoms with van der Waals surface area (Å²) in [5.74, 6) is 0.849. The molecule has 27 heavy (non-hydrogen) atoms. The molecule has 0 atom stereocenters. The van der Waals surface area contributed by atoms with Crippen molar-refractivity contribution in [1.82, 2.24) is 15.5 Å². The number of nitrogens with one attached hydrogen (secondary N) is 2. The van der Waals surface area contributed by atoms with Crippen molar-refractivity contribution in [3.8, 4) is 0 Å². The van der Waals surface area contributed by atoms with Gasteiger partial charge in [0.05, 0.1) is 6.61 Å². The van der Waals surface area contributed by atoms with Gasteiger partial charge >= 0.3 is 6.09 Å². The van der Waals surface area contributed by atoms with Crippen LogP contribution in [0.1, 0.15) is 38.2 Å². The van der Waals surface area contributed by atoms with Crippen LogP contribution in [0.25, 0.3) is 0 Å². The van der Waals surface area contributed by atoms with Crippen LogP contribution in [0.2, 0.25) is 0 Å². The highest BCUT2D eigenvalue weighted by Crippen LogP contribution is 2.47. The van der Waals surface area contributed by atoms with Crippen molar-refractivity contribution in [3.63, 3.8) is 0 Å². The zero-order chi connectivity index (χ0) is 18.4. The Morgan fingerprint density at radius 2 is 1.93 bits per heavy atom. The molecule has 2 fully saturated rings. The van der Waals surface area contributed by atoms with Crippen molar-refractivity contribution in [3.05, 3.63) is 35.9 Å². The van der Waals surface area contributed by atoms with E-state index in [0.29, 0.717) is 12.6 Å². The lowest BCUT2D eigenvalue weighted by Crippen LogP contribution is -2.50. The summed E-state index contributed by atoms with van der Waals surface area (Å²) in [4.78, 5) is 17.9. The van der Waals surface area contributed by atoms with Crippen LogP contribution in [0.3, 0.4) is 0 Å². The summed E-state index contributed by atoms with van der Waals surface area (Å²) in [6.07, 6.45) is 4.05. The van der Waals surface area contributed by atoms with Crippen LogP contribution in [0.4, 0.5) is 4.79 Å². The smallest absolute Gasteiger partial charge is 0.409 e. The standard InChI is InChI=1S/C20H30N4O2.HI/c1-3-26-19(25)24-13-9-17(10-14-24)23-18(21-2)22-15-20(11-12-20)16-7-5-4-6-8-16;/h4-8,17H,3,9-15H2,1-2H3,(H2,21,22,23);1H. The minimum atomic E-state index is -0.202. The number of hydrogen-bond acceptors (Lipinski definition) is 3. The quantitative estimate of drug-likeness (QED) is 0.382. The molecule has 3 rings (SSSR count). The van der Waals surface area contributed by atoms with Crippen LogP contribution < -0.4 is 10.6 Å². The predicted octanol–water partition coefficient (Wildman–Crippen LogP) is 3.12. The molecule has 1 saturated heterocycles. The molecule has 0 radical (unpaired) electrons. The maximum atomic E-state index is 11.8. The molecule has 1 aliphatic carbocycles. The fourth-order valence-electron chi connectivity index (χ4n) is 3.57. The summed E-state index contributed by atoms with van der Waals surface area (Å²) in [5.41, 5.74) is 1.66. The molecule has 1 amide bonds. The molecule has 2 N–H and O–H groups in total. The number of benzene rings is 1. The highest BCUT2D eigenvalue weighted by atomic mass is 127. The molecule has 7 heteroatoms. The summed E-state index contributed by atoms with van der Waals surface area (Å²) in [6, 6.07) is 11.1. The first-order chi connectivity index (χ1) is 12.7. The first-order valence-corrected chi connectivity index (χ1v) is 9.61. The molecule has 0 bridgehead atoms. The maximum Gasteiger partial charge on any atom is 0.409 e. The number of amides is 1. The van der Waals surface area contributed by atoms with Gasteiger partial charge in [-0.2, -0.15) is 0 Å². The second kappa shape index (κ2) is 10.1. The number of aliphatic imine (C=N–C) groups is 1. The average Bonchev–Trinajstić information content (AvgIpc) is 3.48. The van der Waals surface area contributed by atoms with Gasteiger partial charge in [0.15, 0.2) is 5.96 Å². The highest BCUT2D eigenvalue weighted by molar-refractivity contribution is 14.0. The number of halogens is 1. The molecule has 1 saturated carbocycles. The molecule has 1 aliphatic heterocycles. The fraction of sp³-hybridized carbons (Fsp3) is 0.600. The first kappa shape index (κ1) is 21.8. The molecule has 1 heterocycles. The monoisotopic (exact) mass is 486 g/mol. The van der Waals surface area contributed by atoms with Crippen LogP contribution in [-0.4, -0.2) is 56.3 Å². The number of ether oxygens (including phenoxy) is 1. The van der Waals surface area contributed by atoms with E-state index in [4.69, 9.17) is 4.74 Å². The van der Waals surface area contributed by atoms with Crippen molar-refractivity contribution in [2.75, 3.05) is 33.3 Å². The Bertz CT molecular complexity index is 626. The van der Waals surface area contributed by atoms with E-state index in [1.165, 1.54) is 18.4 Å². The third kappa shape index (κ3) is 5.73. The lowest BCUT2D eigenvalue weighted by molar-refractivity contribution is 0.0963. The predicted molar refractivity (Wildman–Crippen MR) is 119 cm³/mol. The Kier molecular flexibility index (Phi) is 8.19. The van der Waals surface area contributed by atoms with Gasteiger partial charge in [0.2, 0.25) is 0 Å². The third-order valence-electron chi connectivity index (χ3n) is 5.42. The number of likely N-dealkylation sites (tertiary alicyclic amines) is 1. The van der Waals surface area contributed by atoms with Crippen molar-refractivity contribution in [2.24, 2.45) is 4.99 Å².